The highest BCUT2D eigenvalue weighted by Crippen LogP contribution is 2.45. The van der Waals surface area contributed by atoms with Gasteiger partial charge in [0.2, 0.25) is 0 Å². The fraction of sp³-hybridized carbons (Fsp3) is 0.172. The molecule has 6 nitrogen and oxygen atoms in total. The van der Waals surface area contributed by atoms with Crippen LogP contribution in [0.25, 0.3) is 11.3 Å². The number of H-pyrrole nitrogens is 1. The average molecular weight is 466 g/mol. The second-order valence-corrected chi connectivity index (χ2v) is 8.83. The van der Waals surface area contributed by atoms with Gasteiger partial charge in [-0.1, -0.05) is 54.6 Å². The van der Waals surface area contributed by atoms with Gasteiger partial charge in [0.15, 0.2) is 0 Å². The molecule has 0 saturated heterocycles. The highest BCUT2D eigenvalue weighted by atomic mass is 16.5. The van der Waals surface area contributed by atoms with E-state index in [1.165, 1.54) is 0 Å². The van der Waals surface area contributed by atoms with Crippen LogP contribution < -0.4 is 4.74 Å². The number of hydrogen-bond donors (Lipinski definition) is 2. The van der Waals surface area contributed by atoms with Crippen LogP contribution in [0.3, 0.4) is 0 Å². The molecule has 1 unspecified atom stereocenters. The Balaban J connectivity index is 1.52. The molecule has 2 N–H and O–H groups in total. The third kappa shape index (κ3) is 4.08. The van der Waals surface area contributed by atoms with Gasteiger partial charge >= 0.3 is 0 Å². The summed E-state index contributed by atoms with van der Waals surface area (Å²) in [6.07, 6.45) is 1.72. The number of phenols is 1. The molecule has 1 aromatic heterocycles. The van der Waals surface area contributed by atoms with Gasteiger partial charge in [-0.2, -0.15) is 5.10 Å². The summed E-state index contributed by atoms with van der Waals surface area (Å²) in [5.74, 6) is 0.775. The maximum Gasteiger partial charge on any atom is 0.273 e. The van der Waals surface area contributed by atoms with Crippen LogP contribution >= 0.6 is 0 Å². The van der Waals surface area contributed by atoms with Crippen LogP contribution in [0.1, 0.15) is 44.3 Å². The predicted octanol–water partition coefficient (Wildman–Crippen LogP) is 5.71. The molecule has 0 saturated carbocycles. The largest absolute Gasteiger partial charge is 0.507 e. The maximum atomic E-state index is 13.3. The highest BCUT2D eigenvalue weighted by molar-refractivity contribution is 6.00. The average Bonchev–Trinajstić information content (AvgIpc) is 3.40. The zero-order valence-corrected chi connectivity index (χ0v) is 19.8. The summed E-state index contributed by atoms with van der Waals surface area (Å²) in [5.41, 5.74) is 6.19. The fourth-order valence-corrected chi connectivity index (χ4v) is 4.70. The highest BCUT2D eigenvalue weighted by Gasteiger charge is 2.42. The lowest BCUT2D eigenvalue weighted by atomic mass is 9.94. The van der Waals surface area contributed by atoms with Crippen LogP contribution in [-0.4, -0.2) is 32.7 Å². The van der Waals surface area contributed by atoms with E-state index in [4.69, 9.17) is 4.74 Å². The summed E-state index contributed by atoms with van der Waals surface area (Å²) in [4.78, 5) is 15.0. The van der Waals surface area contributed by atoms with Crippen LogP contribution in [0, 0.1) is 13.8 Å². The number of phenolic OH excluding ortho intramolecular Hbond substituents is 1. The van der Waals surface area contributed by atoms with Crippen LogP contribution in [0.5, 0.6) is 11.5 Å². The maximum absolute atomic E-state index is 13.3. The van der Waals surface area contributed by atoms with Crippen molar-refractivity contribution < 1.29 is 14.6 Å². The molecule has 1 aliphatic heterocycles. The van der Waals surface area contributed by atoms with E-state index >= 15 is 0 Å². The lowest BCUT2D eigenvalue weighted by Crippen LogP contribution is -2.29. The number of nitrogens with zero attached hydrogens (tertiary/aromatic N) is 2. The SMILES string of the molecule is C=CCN1C(=O)c2[nH]nc(-c3cc(C)cc(C)c3O)c2C1c1ccc(OCc2ccccc2)cc1. The molecule has 0 bridgehead atoms. The Hall–Kier alpha value is -4.32. The predicted molar refractivity (Wildman–Crippen MR) is 135 cm³/mol. The quantitative estimate of drug-likeness (QED) is 0.343. The first-order chi connectivity index (χ1) is 17.0. The van der Waals surface area contributed by atoms with Crippen molar-refractivity contribution in [1.82, 2.24) is 15.1 Å². The molecule has 0 spiro atoms. The summed E-state index contributed by atoms with van der Waals surface area (Å²) >= 11 is 0. The molecular weight excluding hydrogens is 438 g/mol. The van der Waals surface area contributed by atoms with Gasteiger partial charge in [-0.3, -0.25) is 9.89 Å². The molecule has 1 atom stereocenters. The van der Waals surface area contributed by atoms with Crippen LogP contribution in [0.2, 0.25) is 0 Å². The molecule has 3 aromatic carbocycles. The summed E-state index contributed by atoms with van der Waals surface area (Å²) in [5, 5.41) is 18.2. The Bertz CT molecular complexity index is 1390. The zero-order chi connectivity index (χ0) is 24.5. The van der Waals surface area contributed by atoms with E-state index in [-0.39, 0.29) is 17.7 Å². The molecular formula is C29H27N3O3. The summed E-state index contributed by atoms with van der Waals surface area (Å²) in [6.45, 7) is 8.54. The number of aromatic amines is 1. The number of aryl methyl sites for hydroxylation is 2. The number of aromatic hydroxyl groups is 1. The van der Waals surface area contributed by atoms with E-state index in [0.717, 1.165) is 33.6 Å². The molecule has 2 heterocycles. The first-order valence-electron chi connectivity index (χ1n) is 11.5. The van der Waals surface area contributed by atoms with Gasteiger partial charge in [0, 0.05) is 17.7 Å². The van der Waals surface area contributed by atoms with Gasteiger partial charge in [-0.15, -0.1) is 6.58 Å². The van der Waals surface area contributed by atoms with Crippen molar-refractivity contribution in [3.63, 3.8) is 0 Å². The number of amides is 1. The molecule has 1 amide bonds. The number of carbonyl (C=O) groups excluding carboxylic acids is 1. The molecule has 35 heavy (non-hydrogen) atoms. The van der Waals surface area contributed by atoms with Gasteiger partial charge in [-0.25, -0.2) is 0 Å². The van der Waals surface area contributed by atoms with Crippen molar-refractivity contribution in [2.75, 3.05) is 6.54 Å². The first kappa shape index (κ1) is 22.5. The van der Waals surface area contributed by atoms with Crippen molar-refractivity contribution >= 4 is 5.91 Å². The van der Waals surface area contributed by atoms with Gasteiger partial charge in [0.25, 0.3) is 5.91 Å². The van der Waals surface area contributed by atoms with E-state index in [1.54, 1.807) is 11.0 Å². The van der Waals surface area contributed by atoms with Crippen molar-refractivity contribution in [2.45, 2.75) is 26.5 Å². The summed E-state index contributed by atoms with van der Waals surface area (Å²) < 4.78 is 5.95. The van der Waals surface area contributed by atoms with E-state index in [0.29, 0.717) is 30.1 Å². The lowest BCUT2D eigenvalue weighted by molar-refractivity contribution is 0.0764. The van der Waals surface area contributed by atoms with E-state index in [9.17, 15) is 9.90 Å². The minimum Gasteiger partial charge on any atom is -0.507 e. The molecule has 5 rings (SSSR count). The van der Waals surface area contributed by atoms with Gasteiger partial charge in [0.1, 0.15) is 29.5 Å². The third-order valence-corrected chi connectivity index (χ3v) is 6.33. The van der Waals surface area contributed by atoms with Crippen molar-refractivity contribution in [3.8, 4) is 22.8 Å². The van der Waals surface area contributed by atoms with Crippen LogP contribution in [0.4, 0.5) is 0 Å². The number of aromatic nitrogens is 2. The fourth-order valence-electron chi connectivity index (χ4n) is 4.70. The zero-order valence-electron chi connectivity index (χ0n) is 19.8. The minimum atomic E-state index is -0.368. The summed E-state index contributed by atoms with van der Waals surface area (Å²) in [6, 6.07) is 21.2. The Labute approximate surface area is 204 Å². The second-order valence-electron chi connectivity index (χ2n) is 8.83. The van der Waals surface area contributed by atoms with E-state index in [1.807, 2.05) is 80.6 Å². The number of carbonyl (C=O) groups is 1. The lowest BCUT2D eigenvalue weighted by Gasteiger charge is -2.25. The standard InChI is InChI=1S/C29H27N3O3/c1-4-14-32-27(21-10-12-22(13-11-21)35-17-20-8-6-5-7-9-20)24-25(30-31-26(24)29(32)34)23-16-18(2)15-19(3)28(23)33/h4-13,15-16,27,33H,1,14,17H2,2-3H3,(H,30,31). The number of ether oxygens (including phenoxy) is 1. The number of nitrogens with one attached hydrogen (secondary N) is 1. The molecule has 6 heteroatoms. The number of rotatable bonds is 7. The molecule has 1 aliphatic rings. The van der Waals surface area contributed by atoms with E-state index < -0.39 is 0 Å². The summed E-state index contributed by atoms with van der Waals surface area (Å²) in [7, 11) is 0. The van der Waals surface area contributed by atoms with E-state index in [2.05, 4.69) is 16.8 Å². The Morgan fingerprint density at radius 3 is 2.57 bits per heavy atom. The Morgan fingerprint density at radius 2 is 1.86 bits per heavy atom. The van der Waals surface area contributed by atoms with Crippen LogP contribution in [-0.2, 0) is 6.61 Å². The van der Waals surface area contributed by atoms with Gasteiger partial charge in [0.05, 0.1) is 6.04 Å². The van der Waals surface area contributed by atoms with Gasteiger partial charge < -0.3 is 14.7 Å². The third-order valence-electron chi connectivity index (χ3n) is 6.33. The Morgan fingerprint density at radius 1 is 1.11 bits per heavy atom. The number of fused-ring (bicyclic) bond motifs is 1. The topological polar surface area (TPSA) is 78.5 Å². The molecule has 4 aromatic rings. The molecule has 176 valence electrons. The van der Waals surface area contributed by atoms with Crippen molar-refractivity contribution in [3.05, 3.63) is 113 Å². The smallest absolute Gasteiger partial charge is 0.273 e. The monoisotopic (exact) mass is 465 g/mol. The van der Waals surface area contributed by atoms with Gasteiger partial charge in [-0.05, 0) is 54.3 Å². The molecule has 0 fully saturated rings. The normalized spacial score (nSPS) is 14.7. The Kier molecular flexibility index (Phi) is 5.87. The van der Waals surface area contributed by atoms with Crippen molar-refractivity contribution in [1.29, 1.82) is 0 Å². The number of benzene rings is 3. The molecule has 0 radical (unpaired) electrons. The second kappa shape index (κ2) is 9.14. The van der Waals surface area contributed by atoms with Crippen LogP contribution in [0.15, 0.2) is 79.4 Å². The molecule has 0 aliphatic carbocycles. The first-order valence-corrected chi connectivity index (χ1v) is 11.5. The van der Waals surface area contributed by atoms with Crippen molar-refractivity contribution in [2.24, 2.45) is 0 Å². The number of hydrogen-bond acceptors (Lipinski definition) is 4. The minimum absolute atomic E-state index is 0.142.